The van der Waals surface area contributed by atoms with Crippen LogP contribution in [0.15, 0.2) is 42.5 Å². The Morgan fingerprint density at radius 3 is 2.68 bits per heavy atom. The Balaban J connectivity index is 0.00000280. The van der Waals surface area contributed by atoms with Crippen molar-refractivity contribution in [3.8, 4) is 5.75 Å². The second-order valence-corrected chi connectivity index (χ2v) is 7.12. The van der Waals surface area contributed by atoms with Crippen LogP contribution in [0.4, 0.5) is 4.39 Å². The lowest BCUT2D eigenvalue weighted by Gasteiger charge is -2.16. The molecule has 7 heteroatoms. The number of benzene rings is 2. The van der Waals surface area contributed by atoms with Gasteiger partial charge in [0.1, 0.15) is 18.2 Å². The molecular formula is C21H25Cl2FN2O2. The average Bonchev–Trinajstić information content (AvgIpc) is 3.07. The molecule has 0 saturated carbocycles. The number of likely N-dealkylation sites (tertiary alicyclic amines) is 1. The van der Waals surface area contributed by atoms with Gasteiger partial charge in [-0.2, -0.15) is 0 Å². The molecule has 2 aromatic carbocycles. The highest BCUT2D eigenvalue weighted by molar-refractivity contribution is 6.30. The first-order valence-electron chi connectivity index (χ1n) is 9.26. The van der Waals surface area contributed by atoms with Crippen molar-refractivity contribution >= 4 is 29.9 Å². The molecule has 0 spiro atoms. The fourth-order valence-electron chi connectivity index (χ4n) is 3.13. The van der Waals surface area contributed by atoms with Gasteiger partial charge in [0.05, 0.1) is 0 Å². The smallest absolute Gasteiger partial charge is 0.222 e. The molecule has 1 amide bonds. The van der Waals surface area contributed by atoms with Crippen molar-refractivity contribution in [2.75, 3.05) is 19.6 Å². The predicted octanol–water partition coefficient (Wildman–Crippen LogP) is 4.58. The van der Waals surface area contributed by atoms with E-state index in [2.05, 4.69) is 5.32 Å². The third kappa shape index (κ3) is 6.66. The van der Waals surface area contributed by atoms with Gasteiger partial charge in [-0.25, -0.2) is 4.39 Å². The first-order chi connectivity index (χ1) is 13.1. The lowest BCUT2D eigenvalue weighted by atomic mass is 10.2. The van der Waals surface area contributed by atoms with E-state index in [0.717, 1.165) is 49.4 Å². The van der Waals surface area contributed by atoms with Crippen molar-refractivity contribution in [3.63, 3.8) is 0 Å². The number of amides is 1. The molecule has 1 saturated heterocycles. The molecule has 28 heavy (non-hydrogen) atoms. The van der Waals surface area contributed by atoms with Crippen molar-refractivity contribution in [1.82, 2.24) is 10.2 Å². The second kappa shape index (κ2) is 11.2. The first kappa shape index (κ1) is 22.5. The number of rotatable bonds is 9. The Hall–Kier alpha value is -1.82. The number of nitrogens with zero attached hydrogens (tertiary/aromatic N) is 1. The Bertz CT molecular complexity index is 772. The molecule has 0 bridgehead atoms. The van der Waals surface area contributed by atoms with Crippen LogP contribution in [0.3, 0.4) is 0 Å². The Morgan fingerprint density at radius 2 is 1.96 bits per heavy atom. The van der Waals surface area contributed by atoms with Crippen molar-refractivity contribution < 1.29 is 13.9 Å². The fourth-order valence-corrected chi connectivity index (χ4v) is 3.32. The minimum absolute atomic E-state index is 0. The molecule has 0 atom stereocenters. The third-order valence-electron chi connectivity index (χ3n) is 4.60. The van der Waals surface area contributed by atoms with E-state index in [4.69, 9.17) is 16.3 Å². The second-order valence-electron chi connectivity index (χ2n) is 6.68. The normalized spacial score (nSPS) is 13.5. The molecular weight excluding hydrogens is 402 g/mol. The molecule has 1 aliphatic heterocycles. The van der Waals surface area contributed by atoms with Gasteiger partial charge < -0.3 is 15.0 Å². The summed E-state index contributed by atoms with van der Waals surface area (Å²) < 4.78 is 18.9. The summed E-state index contributed by atoms with van der Waals surface area (Å²) in [5, 5.41) is 4.04. The van der Waals surface area contributed by atoms with E-state index in [1.165, 1.54) is 12.1 Å². The zero-order valence-corrected chi connectivity index (χ0v) is 17.2. The van der Waals surface area contributed by atoms with E-state index in [1.54, 1.807) is 18.2 Å². The number of hydrogen-bond donors (Lipinski definition) is 1. The molecule has 1 heterocycles. The molecule has 152 valence electrons. The van der Waals surface area contributed by atoms with Gasteiger partial charge in [-0.15, -0.1) is 12.4 Å². The van der Waals surface area contributed by atoms with Crippen molar-refractivity contribution in [2.45, 2.75) is 32.4 Å². The van der Waals surface area contributed by atoms with Gasteiger partial charge in [0.25, 0.3) is 0 Å². The number of halogens is 3. The molecule has 1 fully saturated rings. The molecule has 3 rings (SSSR count). The summed E-state index contributed by atoms with van der Waals surface area (Å²) in [5.41, 5.74) is 1.88. The van der Waals surface area contributed by atoms with Crippen molar-refractivity contribution in [3.05, 3.63) is 64.4 Å². The average molecular weight is 427 g/mol. The maximum Gasteiger partial charge on any atom is 0.222 e. The summed E-state index contributed by atoms with van der Waals surface area (Å²) in [5.74, 6) is 0.762. The summed E-state index contributed by atoms with van der Waals surface area (Å²) in [7, 11) is 0. The molecule has 4 nitrogen and oxygen atoms in total. The minimum Gasteiger partial charge on any atom is -0.489 e. The van der Waals surface area contributed by atoms with Gasteiger partial charge >= 0.3 is 0 Å². The van der Waals surface area contributed by atoms with Crippen LogP contribution in [0.25, 0.3) is 0 Å². The summed E-state index contributed by atoms with van der Waals surface area (Å²) >= 11 is 6.12. The van der Waals surface area contributed by atoms with Crippen LogP contribution < -0.4 is 10.1 Å². The number of nitrogens with one attached hydrogen (secondary N) is 1. The van der Waals surface area contributed by atoms with E-state index < -0.39 is 0 Å². The number of carbonyl (C=O) groups is 1. The van der Waals surface area contributed by atoms with Crippen LogP contribution in [-0.4, -0.2) is 30.4 Å². The summed E-state index contributed by atoms with van der Waals surface area (Å²) in [6.07, 6.45) is 2.58. The molecule has 0 radical (unpaired) electrons. The largest absolute Gasteiger partial charge is 0.489 e. The van der Waals surface area contributed by atoms with Crippen LogP contribution in [0.5, 0.6) is 5.75 Å². The predicted molar refractivity (Wildman–Crippen MR) is 112 cm³/mol. The van der Waals surface area contributed by atoms with Crippen LogP contribution in [0.1, 0.15) is 30.4 Å². The number of hydrogen-bond acceptors (Lipinski definition) is 3. The number of ether oxygens (including phenoxy) is 1. The summed E-state index contributed by atoms with van der Waals surface area (Å²) in [6, 6.07) is 11.8. The highest BCUT2D eigenvalue weighted by Crippen LogP contribution is 2.24. The molecule has 2 aromatic rings. The molecule has 1 aliphatic rings. The lowest BCUT2D eigenvalue weighted by Crippen LogP contribution is -2.28. The quantitative estimate of drug-likeness (QED) is 0.596. The molecule has 1 N–H and O–H groups in total. The minimum atomic E-state index is -0.259. The monoisotopic (exact) mass is 426 g/mol. The maximum atomic E-state index is 13.0. The Kier molecular flexibility index (Phi) is 9.03. The molecule has 0 aromatic heterocycles. The van der Waals surface area contributed by atoms with Crippen molar-refractivity contribution in [1.29, 1.82) is 0 Å². The van der Waals surface area contributed by atoms with Gasteiger partial charge in [-0.1, -0.05) is 23.7 Å². The van der Waals surface area contributed by atoms with E-state index >= 15 is 0 Å². The molecule has 0 unspecified atom stereocenters. The summed E-state index contributed by atoms with van der Waals surface area (Å²) in [4.78, 5) is 13.5. The van der Waals surface area contributed by atoms with E-state index in [1.807, 2.05) is 17.0 Å². The van der Waals surface area contributed by atoms with E-state index in [0.29, 0.717) is 24.6 Å². The SMILES string of the molecule is Cl.O=C1CCCN1CCCNCc1cc(Cl)ccc1OCc1ccc(F)cc1. The van der Waals surface area contributed by atoms with Gasteiger partial charge in [-0.3, -0.25) is 4.79 Å². The maximum absolute atomic E-state index is 13.0. The molecule has 0 aliphatic carbocycles. The summed E-state index contributed by atoms with van der Waals surface area (Å²) in [6.45, 7) is 3.50. The van der Waals surface area contributed by atoms with Crippen LogP contribution in [0, 0.1) is 5.82 Å². The lowest BCUT2D eigenvalue weighted by molar-refractivity contribution is -0.127. The fraction of sp³-hybridized carbons (Fsp3) is 0.381. The van der Waals surface area contributed by atoms with Gasteiger partial charge in [0.2, 0.25) is 5.91 Å². The Morgan fingerprint density at radius 1 is 1.18 bits per heavy atom. The standard InChI is InChI=1S/C21H24ClFN2O2.ClH/c22-18-6-9-20(27-15-16-4-7-19(23)8-5-16)17(13-18)14-24-10-2-12-25-11-1-3-21(25)26;/h4-9,13,24H,1-3,10-12,14-15H2;1H. The third-order valence-corrected chi connectivity index (χ3v) is 4.83. The van der Waals surface area contributed by atoms with Crippen LogP contribution in [0.2, 0.25) is 5.02 Å². The zero-order chi connectivity index (χ0) is 19.1. The van der Waals surface area contributed by atoms with Crippen LogP contribution in [-0.2, 0) is 17.9 Å². The van der Waals surface area contributed by atoms with Crippen LogP contribution >= 0.6 is 24.0 Å². The van der Waals surface area contributed by atoms with Gasteiger partial charge in [0, 0.05) is 36.6 Å². The van der Waals surface area contributed by atoms with Gasteiger partial charge in [0.15, 0.2) is 0 Å². The first-order valence-corrected chi connectivity index (χ1v) is 9.64. The van der Waals surface area contributed by atoms with E-state index in [-0.39, 0.29) is 24.1 Å². The Labute approximate surface area is 176 Å². The number of carbonyl (C=O) groups excluding carboxylic acids is 1. The highest BCUT2D eigenvalue weighted by atomic mass is 35.5. The highest BCUT2D eigenvalue weighted by Gasteiger charge is 2.18. The van der Waals surface area contributed by atoms with Crippen molar-refractivity contribution in [2.24, 2.45) is 0 Å². The van der Waals surface area contributed by atoms with Gasteiger partial charge in [-0.05, 0) is 55.3 Å². The topological polar surface area (TPSA) is 41.6 Å². The zero-order valence-electron chi connectivity index (χ0n) is 15.6. The van der Waals surface area contributed by atoms with E-state index in [9.17, 15) is 9.18 Å².